The maximum absolute atomic E-state index is 6.81. The fourth-order valence-corrected chi connectivity index (χ4v) is 10.5. The Morgan fingerprint density at radius 3 is 1.97 bits per heavy atom. The van der Waals surface area contributed by atoms with Crippen molar-refractivity contribution >= 4 is 55.4 Å². The third-order valence-electron chi connectivity index (χ3n) is 13.5. The molecule has 0 radical (unpaired) electrons. The summed E-state index contributed by atoms with van der Waals surface area (Å²) in [6, 6.07) is 75.9. The van der Waals surface area contributed by atoms with Gasteiger partial charge in [0.25, 0.3) is 0 Å². The van der Waals surface area contributed by atoms with E-state index in [1.54, 1.807) is 0 Å². The Bertz CT molecular complexity index is 3690. The second kappa shape index (κ2) is 15.2. The molecule has 0 saturated carbocycles. The average Bonchev–Trinajstić information content (AvgIpc) is 4.02. The number of aliphatic imine (C=N–C) groups is 2. The van der Waals surface area contributed by atoms with Gasteiger partial charge in [-0.3, -0.25) is 0 Å². The number of rotatable bonds is 8. The van der Waals surface area contributed by atoms with Crippen LogP contribution in [-0.4, -0.2) is 16.2 Å². The van der Waals surface area contributed by atoms with Crippen LogP contribution in [0.25, 0.3) is 71.7 Å². The lowest BCUT2D eigenvalue weighted by Crippen LogP contribution is -2.36. The number of hydrogen-bond acceptors (Lipinski definition) is 4. The van der Waals surface area contributed by atoms with Crippen LogP contribution in [0.4, 0.5) is 0 Å². The predicted molar refractivity (Wildman–Crippen MR) is 267 cm³/mol. The van der Waals surface area contributed by atoms with Crippen molar-refractivity contribution < 1.29 is 4.42 Å². The van der Waals surface area contributed by atoms with Crippen LogP contribution in [0.3, 0.4) is 0 Å². The first kappa shape index (κ1) is 37.3. The molecule has 3 heterocycles. The van der Waals surface area contributed by atoms with Gasteiger partial charge in [-0.05, 0) is 94.3 Å². The lowest BCUT2D eigenvalue weighted by molar-refractivity contribution is 0.667. The number of amidine groups is 2. The molecule has 5 heteroatoms. The van der Waals surface area contributed by atoms with Gasteiger partial charge in [-0.25, -0.2) is 9.98 Å². The zero-order chi connectivity index (χ0) is 42.8. The number of fused-ring (bicyclic) bond motifs is 9. The van der Waals surface area contributed by atoms with E-state index in [1.807, 2.05) is 24.3 Å². The molecule has 13 rings (SSSR count). The van der Waals surface area contributed by atoms with Crippen molar-refractivity contribution in [1.29, 1.82) is 0 Å². The highest BCUT2D eigenvalue weighted by molar-refractivity contribution is 6.17. The predicted octanol–water partition coefficient (Wildman–Crippen LogP) is 14.6. The van der Waals surface area contributed by atoms with Crippen LogP contribution in [0.5, 0.6) is 0 Å². The number of nitrogens with zero attached hydrogens (tertiary/aromatic N) is 3. The molecule has 1 aliphatic heterocycles. The quantitative estimate of drug-likeness (QED) is 0.166. The molecule has 2 unspecified atom stereocenters. The topological polar surface area (TPSA) is 54.8 Å². The number of aromatic nitrogens is 1. The van der Waals surface area contributed by atoms with Gasteiger partial charge in [0.2, 0.25) is 0 Å². The minimum atomic E-state index is -0.509. The first-order valence-corrected chi connectivity index (χ1v) is 22.5. The van der Waals surface area contributed by atoms with Crippen LogP contribution in [0, 0.1) is 0 Å². The van der Waals surface area contributed by atoms with Crippen LogP contribution >= 0.6 is 0 Å². The molecule has 2 aliphatic rings. The smallest absolute Gasteiger partial charge is 0.170 e. The number of benzene rings is 9. The zero-order valence-corrected chi connectivity index (χ0v) is 35.5. The van der Waals surface area contributed by atoms with Crippen LogP contribution in [0.1, 0.15) is 51.9 Å². The minimum Gasteiger partial charge on any atom is -0.456 e. The summed E-state index contributed by atoms with van der Waals surface area (Å²) in [6.07, 6.45) is 1.59. The van der Waals surface area contributed by atoms with Gasteiger partial charge in [0.15, 0.2) is 6.17 Å². The standard InChI is InChI=1S/C60H42N4O/c1-4-16-38(17-5-1)30-32-46-44-24-10-11-25-45(44)51-37-54-52(36-50(46)51)47-26-12-13-28-53(47)64(54)43-31-33-48-56(35-43)65-55-29-15-27-49(57(48)55)60-62-58(40-20-8-3-9-21-40)61-59(63-60)42-23-14-22-41(34-42)39-18-6-2-7-19-39/h1-29,31,33-37,46,60H,30,32H2,(H,61,62,63). The van der Waals surface area contributed by atoms with Gasteiger partial charge in [-0.2, -0.15) is 0 Å². The van der Waals surface area contributed by atoms with Crippen LogP contribution in [0.2, 0.25) is 0 Å². The molecule has 65 heavy (non-hydrogen) atoms. The third kappa shape index (κ3) is 6.30. The maximum Gasteiger partial charge on any atom is 0.170 e. The molecule has 9 aromatic carbocycles. The van der Waals surface area contributed by atoms with E-state index in [1.165, 1.54) is 49.6 Å². The van der Waals surface area contributed by atoms with Crippen molar-refractivity contribution in [2.24, 2.45) is 9.98 Å². The molecule has 0 spiro atoms. The van der Waals surface area contributed by atoms with Crippen molar-refractivity contribution in [1.82, 2.24) is 9.88 Å². The lowest BCUT2D eigenvalue weighted by atomic mass is 9.90. The summed E-state index contributed by atoms with van der Waals surface area (Å²) in [5.74, 6) is 1.89. The highest BCUT2D eigenvalue weighted by Gasteiger charge is 2.30. The largest absolute Gasteiger partial charge is 0.456 e. The molecule has 2 aromatic heterocycles. The van der Waals surface area contributed by atoms with Gasteiger partial charge in [-0.15, -0.1) is 0 Å². The Balaban J connectivity index is 0.935. The number of furan rings is 1. The lowest BCUT2D eigenvalue weighted by Gasteiger charge is -2.23. The SMILES string of the molecule is c1ccc(CCC2c3ccccc3-c3cc4c(cc32)c2ccccc2n4-c2ccc3c(c2)oc2cccc(C4N=C(c5ccccc5)NC(c5cccc(-c6ccccc6)c5)=N4)c23)cc1. The fourth-order valence-electron chi connectivity index (χ4n) is 10.5. The maximum atomic E-state index is 6.81. The second-order valence-electron chi connectivity index (χ2n) is 17.2. The summed E-state index contributed by atoms with van der Waals surface area (Å²) < 4.78 is 9.22. The molecular weight excluding hydrogens is 793 g/mol. The summed E-state index contributed by atoms with van der Waals surface area (Å²) in [5.41, 5.74) is 17.2. The van der Waals surface area contributed by atoms with Crippen molar-refractivity contribution in [3.8, 4) is 27.9 Å². The van der Waals surface area contributed by atoms with Crippen LogP contribution in [0.15, 0.2) is 227 Å². The number of para-hydroxylation sites is 1. The van der Waals surface area contributed by atoms with Gasteiger partial charge >= 0.3 is 0 Å². The van der Waals surface area contributed by atoms with E-state index in [-0.39, 0.29) is 0 Å². The van der Waals surface area contributed by atoms with E-state index in [0.29, 0.717) is 5.92 Å². The minimum absolute atomic E-state index is 0.335. The Morgan fingerprint density at radius 2 is 1.12 bits per heavy atom. The second-order valence-corrected chi connectivity index (χ2v) is 17.2. The van der Waals surface area contributed by atoms with Gasteiger partial charge in [0, 0.05) is 55.9 Å². The van der Waals surface area contributed by atoms with E-state index in [0.717, 1.165) is 80.0 Å². The summed E-state index contributed by atoms with van der Waals surface area (Å²) in [5, 5.41) is 8.18. The molecule has 0 fully saturated rings. The van der Waals surface area contributed by atoms with Crippen molar-refractivity contribution in [3.63, 3.8) is 0 Å². The van der Waals surface area contributed by atoms with E-state index >= 15 is 0 Å². The van der Waals surface area contributed by atoms with Crippen molar-refractivity contribution in [2.45, 2.75) is 24.9 Å². The molecule has 5 nitrogen and oxygen atoms in total. The molecule has 1 N–H and O–H groups in total. The van der Waals surface area contributed by atoms with Crippen LogP contribution < -0.4 is 5.32 Å². The third-order valence-corrected chi connectivity index (χ3v) is 13.5. The summed E-state index contributed by atoms with van der Waals surface area (Å²) in [7, 11) is 0. The summed E-state index contributed by atoms with van der Waals surface area (Å²) in [4.78, 5) is 10.6. The highest BCUT2D eigenvalue weighted by atomic mass is 16.3. The average molecular weight is 835 g/mol. The normalized spacial score (nSPS) is 15.5. The fraction of sp³-hybridized carbons (Fsp3) is 0.0667. The van der Waals surface area contributed by atoms with Crippen LogP contribution in [-0.2, 0) is 6.42 Å². The monoisotopic (exact) mass is 834 g/mol. The first-order chi connectivity index (χ1) is 32.2. The summed E-state index contributed by atoms with van der Waals surface area (Å²) >= 11 is 0. The molecule has 0 amide bonds. The Kier molecular flexibility index (Phi) is 8.73. The Hall–Kier alpha value is -8.28. The van der Waals surface area contributed by atoms with Gasteiger partial charge < -0.3 is 14.3 Å². The number of hydrogen-bond donors (Lipinski definition) is 1. The Morgan fingerprint density at radius 1 is 0.446 bits per heavy atom. The van der Waals surface area contributed by atoms with Gasteiger partial charge in [0.05, 0.1) is 11.0 Å². The van der Waals surface area contributed by atoms with E-state index < -0.39 is 6.17 Å². The number of nitrogens with one attached hydrogen (secondary N) is 1. The molecule has 0 saturated heterocycles. The molecular formula is C60H42N4O. The zero-order valence-electron chi connectivity index (χ0n) is 35.5. The molecule has 1 aliphatic carbocycles. The summed E-state index contributed by atoms with van der Waals surface area (Å²) in [6.45, 7) is 0. The van der Waals surface area contributed by atoms with Crippen molar-refractivity contribution in [3.05, 3.63) is 246 Å². The number of aryl methyl sites for hydroxylation is 1. The Labute approximate surface area is 376 Å². The molecule has 2 atom stereocenters. The first-order valence-electron chi connectivity index (χ1n) is 22.5. The molecule has 11 aromatic rings. The van der Waals surface area contributed by atoms with Crippen molar-refractivity contribution in [2.75, 3.05) is 0 Å². The van der Waals surface area contributed by atoms with Gasteiger partial charge in [0.1, 0.15) is 22.8 Å². The van der Waals surface area contributed by atoms with E-state index in [2.05, 4.69) is 198 Å². The molecule has 0 bridgehead atoms. The van der Waals surface area contributed by atoms with Gasteiger partial charge in [-0.1, -0.05) is 164 Å². The highest BCUT2D eigenvalue weighted by Crippen LogP contribution is 2.50. The van der Waals surface area contributed by atoms with E-state index in [9.17, 15) is 0 Å². The molecule has 308 valence electrons. The van der Waals surface area contributed by atoms with E-state index in [4.69, 9.17) is 14.4 Å².